The third-order valence-electron chi connectivity index (χ3n) is 4.89. The first-order valence-electron chi connectivity index (χ1n) is 7.13. The van der Waals surface area contributed by atoms with Gasteiger partial charge < -0.3 is 5.73 Å². The Balaban J connectivity index is 1.98. The van der Waals surface area contributed by atoms with E-state index < -0.39 is 0 Å². The van der Waals surface area contributed by atoms with E-state index in [1.54, 1.807) is 0 Å². The van der Waals surface area contributed by atoms with Gasteiger partial charge >= 0.3 is 0 Å². The van der Waals surface area contributed by atoms with Gasteiger partial charge in [0.05, 0.1) is 0 Å². The van der Waals surface area contributed by atoms with E-state index in [0.29, 0.717) is 6.04 Å². The zero-order valence-corrected chi connectivity index (χ0v) is 11.0. The van der Waals surface area contributed by atoms with Crippen molar-refractivity contribution in [2.75, 3.05) is 13.1 Å². The van der Waals surface area contributed by atoms with Crippen LogP contribution in [0.1, 0.15) is 58.8 Å². The molecule has 0 bridgehead atoms. The number of nitrogens with zero attached hydrogens (tertiary/aromatic N) is 1. The average molecular weight is 224 g/mol. The van der Waals surface area contributed by atoms with Crippen LogP contribution >= 0.6 is 0 Å². The minimum absolute atomic E-state index is 0.204. The van der Waals surface area contributed by atoms with Gasteiger partial charge in [-0.1, -0.05) is 19.3 Å². The molecule has 1 saturated heterocycles. The number of piperidine rings is 1. The first-order valence-corrected chi connectivity index (χ1v) is 7.13. The fourth-order valence-electron chi connectivity index (χ4n) is 3.57. The van der Waals surface area contributed by atoms with Crippen LogP contribution < -0.4 is 5.73 Å². The molecule has 1 saturated carbocycles. The maximum Gasteiger partial charge on any atom is 0.0306 e. The summed E-state index contributed by atoms with van der Waals surface area (Å²) in [5, 5.41) is 0. The Morgan fingerprint density at radius 2 is 1.56 bits per heavy atom. The Morgan fingerprint density at radius 1 is 1.00 bits per heavy atom. The summed E-state index contributed by atoms with van der Waals surface area (Å²) in [5.74, 6) is 0.775. The molecule has 2 N–H and O–H groups in total. The van der Waals surface area contributed by atoms with Crippen molar-refractivity contribution in [1.82, 2.24) is 4.90 Å². The maximum absolute atomic E-state index is 6.55. The summed E-state index contributed by atoms with van der Waals surface area (Å²) in [7, 11) is 0. The molecule has 1 aliphatic carbocycles. The second-order valence-corrected chi connectivity index (χ2v) is 6.27. The van der Waals surface area contributed by atoms with E-state index in [9.17, 15) is 0 Å². The highest BCUT2D eigenvalue weighted by Crippen LogP contribution is 2.34. The monoisotopic (exact) mass is 224 g/mol. The summed E-state index contributed by atoms with van der Waals surface area (Å²) in [6.07, 6.45) is 9.65. The van der Waals surface area contributed by atoms with Crippen LogP contribution in [-0.4, -0.2) is 29.6 Å². The van der Waals surface area contributed by atoms with Gasteiger partial charge in [-0.15, -0.1) is 0 Å². The number of hydrogen-bond acceptors (Lipinski definition) is 2. The normalized spacial score (nSPS) is 27.2. The number of rotatable bonds is 3. The van der Waals surface area contributed by atoms with Crippen LogP contribution in [0.25, 0.3) is 0 Å². The highest BCUT2D eigenvalue weighted by atomic mass is 15.2. The van der Waals surface area contributed by atoms with Gasteiger partial charge in [0, 0.05) is 11.6 Å². The molecule has 2 fully saturated rings. The highest BCUT2D eigenvalue weighted by Gasteiger charge is 2.38. The van der Waals surface area contributed by atoms with Gasteiger partial charge in [-0.3, -0.25) is 4.90 Å². The molecule has 16 heavy (non-hydrogen) atoms. The van der Waals surface area contributed by atoms with Crippen molar-refractivity contribution in [3.63, 3.8) is 0 Å². The molecule has 1 unspecified atom stereocenters. The SMILES string of the molecule is CC(C)(C(N)C1CCCC1)N1CCCCC1. The van der Waals surface area contributed by atoms with Crippen LogP contribution in [0.2, 0.25) is 0 Å². The van der Waals surface area contributed by atoms with Crippen LogP contribution in [0.15, 0.2) is 0 Å². The highest BCUT2D eigenvalue weighted by molar-refractivity contribution is 4.97. The first-order chi connectivity index (χ1) is 7.62. The van der Waals surface area contributed by atoms with Crippen molar-refractivity contribution in [2.45, 2.75) is 70.4 Å². The smallest absolute Gasteiger partial charge is 0.0306 e. The Kier molecular flexibility index (Phi) is 3.91. The topological polar surface area (TPSA) is 29.3 Å². The number of hydrogen-bond donors (Lipinski definition) is 1. The second kappa shape index (κ2) is 5.05. The standard InChI is InChI=1S/C14H28N2/c1-14(2,16-10-6-3-7-11-16)13(15)12-8-4-5-9-12/h12-13H,3-11,15H2,1-2H3. The van der Waals surface area contributed by atoms with Crippen LogP contribution in [0.3, 0.4) is 0 Å². The molecule has 0 spiro atoms. The molecule has 0 aromatic heterocycles. The number of nitrogens with two attached hydrogens (primary N) is 1. The van der Waals surface area contributed by atoms with Crippen molar-refractivity contribution >= 4 is 0 Å². The first kappa shape index (κ1) is 12.4. The molecule has 1 atom stereocenters. The Labute approximate surface area is 101 Å². The molecule has 94 valence electrons. The van der Waals surface area contributed by atoms with E-state index in [1.807, 2.05) is 0 Å². The van der Waals surface area contributed by atoms with Crippen molar-refractivity contribution in [3.05, 3.63) is 0 Å². The molecule has 1 aliphatic heterocycles. The summed E-state index contributed by atoms with van der Waals surface area (Å²) in [4.78, 5) is 2.64. The predicted molar refractivity (Wildman–Crippen MR) is 69.4 cm³/mol. The van der Waals surface area contributed by atoms with Crippen molar-refractivity contribution in [1.29, 1.82) is 0 Å². The summed E-state index contributed by atoms with van der Waals surface area (Å²) in [6, 6.07) is 0.369. The lowest BCUT2D eigenvalue weighted by Crippen LogP contribution is -2.59. The van der Waals surface area contributed by atoms with E-state index >= 15 is 0 Å². The molecule has 0 aromatic rings. The lowest BCUT2D eigenvalue weighted by molar-refractivity contribution is 0.0552. The lowest BCUT2D eigenvalue weighted by atomic mass is 9.82. The van der Waals surface area contributed by atoms with E-state index in [4.69, 9.17) is 5.73 Å². The van der Waals surface area contributed by atoms with Crippen LogP contribution in [0.5, 0.6) is 0 Å². The van der Waals surface area contributed by atoms with Crippen molar-refractivity contribution < 1.29 is 0 Å². The molecular weight excluding hydrogens is 196 g/mol. The van der Waals surface area contributed by atoms with Crippen LogP contribution in [0, 0.1) is 5.92 Å². The fourth-order valence-corrected chi connectivity index (χ4v) is 3.57. The number of likely N-dealkylation sites (tertiary alicyclic amines) is 1. The van der Waals surface area contributed by atoms with Gasteiger partial charge in [0.25, 0.3) is 0 Å². The molecule has 0 radical (unpaired) electrons. The molecule has 2 rings (SSSR count). The Bertz CT molecular complexity index is 213. The van der Waals surface area contributed by atoms with Crippen LogP contribution in [0.4, 0.5) is 0 Å². The second-order valence-electron chi connectivity index (χ2n) is 6.27. The Morgan fingerprint density at radius 3 is 2.12 bits per heavy atom. The van der Waals surface area contributed by atoms with E-state index in [2.05, 4.69) is 18.7 Å². The molecule has 2 aliphatic rings. The third-order valence-corrected chi connectivity index (χ3v) is 4.89. The molecule has 2 nitrogen and oxygen atoms in total. The molecule has 0 amide bonds. The van der Waals surface area contributed by atoms with Crippen LogP contribution in [-0.2, 0) is 0 Å². The minimum atomic E-state index is 0.204. The van der Waals surface area contributed by atoms with Crippen molar-refractivity contribution in [3.8, 4) is 0 Å². The van der Waals surface area contributed by atoms with Crippen molar-refractivity contribution in [2.24, 2.45) is 11.7 Å². The molecule has 2 heteroatoms. The fraction of sp³-hybridized carbons (Fsp3) is 1.00. The van der Waals surface area contributed by atoms with Gasteiger partial charge in [-0.2, -0.15) is 0 Å². The zero-order valence-electron chi connectivity index (χ0n) is 11.0. The largest absolute Gasteiger partial charge is 0.326 e. The minimum Gasteiger partial charge on any atom is -0.326 e. The van der Waals surface area contributed by atoms with E-state index in [1.165, 1.54) is 58.0 Å². The van der Waals surface area contributed by atoms with Gasteiger partial charge in [0.2, 0.25) is 0 Å². The summed E-state index contributed by atoms with van der Waals surface area (Å²) >= 11 is 0. The average Bonchev–Trinajstić information content (AvgIpc) is 2.82. The van der Waals surface area contributed by atoms with Gasteiger partial charge in [-0.05, 0) is 58.5 Å². The lowest BCUT2D eigenvalue weighted by Gasteiger charge is -2.46. The van der Waals surface area contributed by atoms with Gasteiger partial charge in [-0.25, -0.2) is 0 Å². The summed E-state index contributed by atoms with van der Waals surface area (Å²) in [6.45, 7) is 7.24. The van der Waals surface area contributed by atoms with Gasteiger partial charge in [0.15, 0.2) is 0 Å². The summed E-state index contributed by atoms with van der Waals surface area (Å²) in [5.41, 5.74) is 6.75. The van der Waals surface area contributed by atoms with E-state index in [-0.39, 0.29) is 5.54 Å². The molecule has 1 heterocycles. The quantitative estimate of drug-likeness (QED) is 0.798. The third kappa shape index (κ3) is 2.43. The zero-order chi connectivity index (χ0) is 11.6. The Hall–Kier alpha value is -0.0800. The van der Waals surface area contributed by atoms with E-state index in [0.717, 1.165) is 5.92 Å². The molecular formula is C14H28N2. The summed E-state index contributed by atoms with van der Waals surface area (Å²) < 4.78 is 0. The maximum atomic E-state index is 6.55. The van der Waals surface area contributed by atoms with Gasteiger partial charge in [0.1, 0.15) is 0 Å². The molecule has 0 aromatic carbocycles. The predicted octanol–water partition coefficient (Wildman–Crippen LogP) is 2.77.